The molecule has 0 saturated heterocycles. The molecule has 0 bridgehead atoms. The fraction of sp³-hybridized carbons (Fsp3) is 0.308. The van der Waals surface area contributed by atoms with Crippen LogP contribution in [0.4, 0.5) is 0 Å². The highest BCUT2D eigenvalue weighted by molar-refractivity contribution is 6.32. The van der Waals surface area contributed by atoms with Crippen LogP contribution in [0.2, 0.25) is 5.02 Å². The van der Waals surface area contributed by atoms with Crippen molar-refractivity contribution in [3.63, 3.8) is 0 Å². The van der Waals surface area contributed by atoms with Crippen molar-refractivity contribution in [2.24, 2.45) is 0 Å². The third-order valence-electron chi connectivity index (χ3n) is 6.46. The van der Waals surface area contributed by atoms with Crippen LogP contribution >= 0.6 is 11.6 Å². The number of aromatic amines is 2. The lowest BCUT2D eigenvalue weighted by Gasteiger charge is -2.39. The lowest BCUT2D eigenvalue weighted by atomic mass is 9.78. The molecule has 0 saturated carbocycles. The molecule has 0 spiro atoms. The van der Waals surface area contributed by atoms with E-state index in [1.54, 1.807) is 19.1 Å². The first-order valence-electron chi connectivity index (χ1n) is 11.3. The number of halogens is 1. The summed E-state index contributed by atoms with van der Waals surface area (Å²) >= 11 is 6.56. The van der Waals surface area contributed by atoms with Gasteiger partial charge in [-0.2, -0.15) is 9.94 Å². The first kappa shape index (κ1) is 23.9. The van der Waals surface area contributed by atoms with Gasteiger partial charge in [0.1, 0.15) is 23.2 Å². The van der Waals surface area contributed by atoms with E-state index in [9.17, 15) is 9.59 Å². The van der Waals surface area contributed by atoms with Gasteiger partial charge in [-0.25, -0.2) is 4.79 Å². The maximum Gasteiger partial charge on any atom is 0.349 e. The molecule has 2 aromatic carbocycles. The average Bonchev–Trinajstić information content (AvgIpc) is 3.21. The number of nitriles is 1. The highest BCUT2D eigenvalue weighted by atomic mass is 35.5. The van der Waals surface area contributed by atoms with Crippen LogP contribution in [0.15, 0.2) is 39.9 Å². The number of rotatable bonds is 3. The molecule has 0 radical (unpaired) electrons. The molecule has 0 fully saturated rings. The largest absolute Gasteiger partial charge is 0.456 e. The van der Waals surface area contributed by atoms with Crippen molar-refractivity contribution in [2.45, 2.75) is 45.6 Å². The quantitative estimate of drug-likeness (QED) is 0.420. The lowest BCUT2D eigenvalue weighted by molar-refractivity contribution is -0.0607. The van der Waals surface area contributed by atoms with Crippen molar-refractivity contribution in [3.8, 4) is 23.3 Å². The van der Waals surface area contributed by atoms with Crippen molar-refractivity contribution in [3.05, 3.63) is 78.7 Å². The summed E-state index contributed by atoms with van der Waals surface area (Å²) in [5.74, 6) is 1.03. The van der Waals surface area contributed by atoms with E-state index >= 15 is 0 Å². The fourth-order valence-electron chi connectivity index (χ4n) is 4.62. The second-order valence-electron chi connectivity index (χ2n) is 10.1. The Kier molecular flexibility index (Phi) is 5.36. The summed E-state index contributed by atoms with van der Waals surface area (Å²) in [6.07, 6.45) is 0. The molecule has 36 heavy (non-hydrogen) atoms. The molecular formula is C26H24ClN5O4. The number of nitrogens with zero attached hydrogens (tertiary/aromatic N) is 3. The van der Waals surface area contributed by atoms with Gasteiger partial charge in [0.05, 0.1) is 23.0 Å². The maximum absolute atomic E-state index is 12.3. The first-order chi connectivity index (χ1) is 16.9. The number of benzene rings is 2. The van der Waals surface area contributed by atoms with E-state index in [2.05, 4.69) is 42.8 Å². The predicted octanol–water partition coefficient (Wildman–Crippen LogP) is 4.57. The van der Waals surface area contributed by atoms with E-state index in [-0.39, 0.29) is 10.4 Å². The number of aryl methyl sites for hydroxylation is 1. The standard InChI is InChI=1S/C26H24ClN5O4/c1-13-8-14(32-24(34)30-23(33)19(11-28)31-32)9-17(27)21(13)36-15-6-7-18-16(10-15)20-22(29-18)26(4,5)35-12-25(20,2)3/h6-10,29H,12H2,1-5H3,(H,30,33,34). The SMILES string of the molecule is Cc1cc(-n2nc(C#N)c(=O)[nH]c2=O)cc(Cl)c1Oc1ccc2[nH]c3c(c2c1)C(C)(C)COC3(C)C. The number of ether oxygens (including phenoxy) is 2. The van der Waals surface area contributed by atoms with Crippen LogP contribution in [0.25, 0.3) is 16.6 Å². The number of H-pyrrole nitrogens is 2. The van der Waals surface area contributed by atoms with Crippen LogP contribution in [0.1, 0.15) is 50.2 Å². The highest BCUT2D eigenvalue weighted by Crippen LogP contribution is 2.45. The van der Waals surface area contributed by atoms with Crippen LogP contribution in [-0.4, -0.2) is 26.4 Å². The Bertz CT molecular complexity index is 1680. The molecule has 5 rings (SSSR count). The van der Waals surface area contributed by atoms with Gasteiger partial charge in [0.25, 0.3) is 5.56 Å². The lowest BCUT2D eigenvalue weighted by Crippen LogP contribution is -2.39. The summed E-state index contributed by atoms with van der Waals surface area (Å²) in [7, 11) is 0. The third kappa shape index (κ3) is 3.79. The average molecular weight is 506 g/mol. The number of hydrogen-bond acceptors (Lipinski definition) is 6. The minimum absolute atomic E-state index is 0.184. The molecule has 0 atom stereocenters. The molecular weight excluding hydrogens is 482 g/mol. The predicted molar refractivity (Wildman–Crippen MR) is 135 cm³/mol. The fourth-order valence-corrected chi connectivity index (χ4v) is 4.92. The zero-order valence-electron chi connectivity index (χ0n) is 20.4. The van der Waals surface area contributed by atoms with E-state index in [1.165, 1.54) is 11.6 Å². The van der Waals surface area contributed by atoms with E-state index in [0.29, 0.717) is 29.4 Å². The van der Waals surface area contributed by atoms with Gasteiger partial charge in [0.15, 0.2) is 0 Å². The monoisotopic (exact) mass is 505 g/mol. The summed E-state index contributed by atoms with van der Waals surface area (Å²) < 4.78 is 13.3. The van der Waals surface area contributed by atoms with Gasteiger partial charge in [-0.15, -0.1) is 5.10 Å². The molecule has 3 heterocycles. The van der Waals surface area contributed by atoms with Gasteiger partial charge in [-0.05, 0) is 62.2 Å². The molecule has 0 aliphatic carbocycles. The van der Waals surface area contributed by atoms with Gasteiger partial charge < -0.3 is 14.5 Å². The Hall–Kier alpha value is -3.87. The number of hydrogen-bond donors (Lipinski definition) is 2. The van der Waals surface area contributed by atoms with Gasteiger partial charge in [-0.1, -0.05) is 25.4 Å². The van der Waals surface area contributed by atoms with Crippen molar-refractivity contribution >= 4 is 22.5 Å². The first-order valence-corrected chi connectivity index (χ1v) is 11.7. The molecule has 0 amide bonds. The van der Waals surface area contributed by atoms with Crippen molar-refractivity contribution < 1.29 is 9.47 Å². The van der Waals surface area contributed by atoms with E-state index in [0.717, 1.165) is 21.3 Å². The zero-order chi connectivity index (χ0) is 26.0. The third-order valence-corrected chi connectivity index (χ3v) is 6.74. The topological polar surface area (TPSA) is 126 Å². The van der Waals surface area contributed by atoms with Gasteiger partial charge in [-0.3, -0.25) is 9.78 Å². The van der Waals surface area contributed by atoms with Crippen LogP contribution in [0.3, 0.4) is 0 Å². The molecule has 10 heteroatoms. The second-order valence-corrected chi connectivity index (χ2v) is 10.5. The van der Waals surface area contributed by atoms with E-state index in [4.69, 9.17) is 26.3 Å². The molecule has 9 nitrogen and oxygen atoms in total. The summed E-state index contributed by atoms with van der Waals surface area (Å²) in [6.45, 7) is 10.8. The Balaban J connectivity index is 1.56. The number of nitrogens with one attached hydrogen (secondary N) is 2. The Morgan fingerprint density at radius 2 is 1.92 bits per heavy atom. The van der Waals surface area contributed by atoms with Crippen LogP contribution < -0.4 is 16.0 Å². The Morgan fingerprint density at radius 1 is 1.17 bits per heavy atom. The summed E-state index contributed by atoms with van der Waals surface area (Å²) in [4.78, 5) is 29.6. The minimum Gasteiger partial charge on any atom is -0.456 e. The molecule has 1 aliphatic rings. The second kappa shape index (κ2) is 8.08. The maximum atomic E-state index is 12.3. The Labute approximate surface area is 211 Å². The van der Waals surface area contributed by atoms with Gasteiger partial charge in [0.2, 0.25) is 5.69 Å². The van der Waals surface area contributed by atoms with Gasteiger partial charge >= 0.3 is 5.69 Å². The molecule has 184 valence electrons. The minimum atomic E-state index is -0.845. The number of aromatic nitrogens is 4. The summed E-state index contributed by atoms with van der Waals surface area (Å²) in [5, 5.41) is 14.2. The molecule has 2 N–H and O–H groups in total. The molecule has 4 aromatic rings. The zero-order valence-corrected chi connectivity index (χ0v) is 21.2. The van der Waals surface area contributed by atoms with Crippen molar-refractivity contribution in [2.75, 3.05) is 6.61 Å². The Morgan fingerprint density at radius 3 is 2.61 bits per heavy atom. The van der Waals surface area contributed by atoms with E-state index in [1.807, 2.05) is 18.2 Å². The smallest absolute Gasteiger partial charge is 0.349 e. The molecule has 1 aliphatic heterocycles. The summed E-state index contributed by atoms with van der Waals surface area (Å²) in [5.41, 5.74) is 1.52. The summed E-state index contributed by atoms with van der Waals surface area (Å²) in [6, 6.07) is 10.6. The van der Waals surface area contributed by atoms with Crippen LogP contribution in [0.5, 0.6) is 11.5 Å². The van der Waals surface area contributed by atoms with Crippen molar-refractivity contribution in [1.82, 2.24) is 19.7 Å². The van der Waals surface area contributed by atoms with Crippen LogP contribution in [0, 0.1) is 18.3 Å². The van der Waals surface area contributed by atoms with Crippen molar-refractivity contribution in [1.29, 1.82) is 5.26 Å². The van der Waals surface area contributed by atoms with Crippen LogP contribution in [-0.2, 0) is 15.8 Å². The number of fused-ring (bicyclic) bond motifs is 3. The highest BCUT2D eigenvalue weighted by Gasteiger charge is 2.41. The van der Waals surface area contributed by atoms with Gasteiger partial charge in [0, 0.05) is 16.3 Å². The molecule has 2 aromatic heterocycles. The van der Waals surface area contributed by atoms with E-state index < -0.39 is 22.5 Å². The normalized spacial score (nSPS) is 15.9. The molecule has 0 unspecified atom stereocenters.